The summed E-state index contributed by atoms with van der Waals surface area (Å²) in [6, 6.07) is 14.6. The molecule has 0 saturated carbocycles. The van der Waals surface area contributed by atoms with Gasteiger partial charge in [0.15, 0.2) is 0 Å². The third kappa shape index (κ3) is 3.37. The van der Waals surface area contributed by atoms with E-state index in [1.54, 1.807) is 6.20 Å². The molecule has 0 spiro atoms. The second kappa shape index (κ2) is 7.66. The summed E-state index contributed by atoms with van der Waals surface area (Å²) in [5, 5.41) is 1.28. The molecule has 0 bridgehead atoms. The van der Waals surface area contributed by atoms with Gasteiger partial charge < -0.3 is 14.4 Å². The molecule has 28 heavy (non-hydrogen) atoms. The summed E-state index contributed by atoms with van der Waals surface area (Å²) in [6.45, 7) is 4.74. The Hall–Kier alpha value is -2.82. The molecule has 4 rings (SSSR count). The number of hydrogen-bond donors (Lipinski definition) is 0. The molecule has 2 aromatic heterocycles. The van der Waals surface area contributed by atoms with Crippen LogP contribution in [0.1, 0.15) is 41.7 Å². The summed E-state index contributed by atoms with van der Waals surface area (Å²) in [5.41, 5.74) is 3.36. The van der Waals surface area contributed by atoms with Crippen molar-refractivity contribution in [3.8, 4) is 0 Å². The molecule has 3 aromatic rings. The first-order valence-corrected chi connectivity index (χ1v) is 10.1. The summed E-state index contributed by atoms with van der Waals surface area (Å²) in [7, 11) is 3.88. The third-order valence-corrected chi connectivity index (χ3v) is 5.74. The lowest BCUT2D eigenvalue weighted by Crippen LogP contribution is -2.39. The van der Waals surface area contributed by atoms with Gasteiger partial charge in [0.05, 0.1) is 0 Å². The number of nitrogens with zero attached hydrogens (tertiary/aromatic N) is 4. The molecule has 1 atom stereocenters. The number of hydrogen-bond acceptors (Lipinski definition) is 3. The number of carbonyl (C=O) groups excluding carboxylic acids is 1. The normalized spacial score (nSPS) is 17.1. The standard InChI is InChI=1S/C23H28N4O/c1-4-27-20-10-6-5-8-17(20)14-21(27)19-9-7-13-26(16-19)23(28)18-11-12-24-22(15-18)25(2)3/h5-6,8,10-12,14-15,19H,4,7,9,13,16H2,1-3H3. The highest BCUT2D eigenvalue weighted by Gasteiger charge is 2.28. The van der Waals surface area contributed by atoms with Crippen molar-refractivity contribution in [3.63, 3.8) is 0 Å². The van der Waals surface area contributed by atoms with Crippen LogP contribution in [0.3, 0.4) is 0 Å². The van der Waals surface area contributed by atoms with Crippen LogP contribution in [0.4, 0.5) is 5.82 Å². The number of fused-ring (bicyclic) bond motifs is 1. The molecule has 0 radical (unpaired) electrons. The molecule has 1 fully saturated rings. The molecule has 1 amide bonds. The Kier molecular flexibility index (Phi) is 5.07. The Morgan fingerprint density at radius 1 is 1.21 bits per heavy atom. The van der Waals surface area contributed by atoms with E-state index in [1.807, 2.05) is 36.0 Å². The number of benzene rings is 1. The lowest BCUT2D eigenvalue weighted by atomic mass is 9.94. The van der Waals surface area contributed by atoms with Crippen LogP contribution in [0.25, 0.3) is 10.9 Å². The minimum absolute atomic E-state index is 0.106. The monoisotopic (exact) mass is 376 g/mol. The minimum atomic E-state index is 0.106. The van der Waals surface area contributed by atoms with E-state index in [0.717, 1.165) is 43.9 Å². The van der Waals surface area contributed by atoms with Crippen LogP contribution < -0.4 is 4.90 Å². The van der Waals surface area contributed by atoms with Gasteiger partial charge in [-0.3, -0.25) is 4.79 Å². The smallest absolute Gasteiger partial charge is 0.254 e. The van der Waals surface area contributed by atoms with Crippen LogP contribution in [0.15, 0.2) is 48.7 Å². The number of likely N-dealkylation sites (tertiary alicyclic amines) is 1. The van der Waals surface area contributed by atoms with Crippen molar-refractivity contribution in [3.05, 3.63) is 59.9 Å². The zero-order valence-corrected chi connectivity index (χ0v) is 16.9. The number of piperidine rings is 1. The van der Waals surface area contributed by atoms with Gasteiger partial charge in [-0.2, -0.15) is 0 Å². The summed E-state index contributed by atoms with van der Waals surface area (Å²) in [5.74, 6) is 1.29. The number of para-hydroxylation sites is 1. The molecular weight excluding hydrogens is 348 g/mol. The van der Waals surface area contributed by atoms with Gasteiger partial charge in [0, 0.05) is 62.6 Å². The van der Waals surface area contributed by atoms with Crippen molar-refractivity contribution in [1.82, 2.24) is 14.5 Å². The second-order valence-electron chi connectivity index (χ2n) is 7.76. The first-order valence-electron chi connectivity index (χ1n) is 10.1. The molecule has 146 valence electrons. The van der Waals surface area contributed by atoms with E-state index < -0.39 is 0 Å². The number of anilines is 1. The van der Waals surface area contributed by atoms with Gasteiger partial charge in [-0.15, -0.1) is 0 Å². The first kappa shape index (κ1) is 18.5. The Balaban J connectivity index is 1.60. The number of carbonyl (C=O) groups is 1. The SMILES string of the molecule is CCn1c(C2CCCN(C(=O)c3ccnc(N(C)C)c3)C2)cc2ccccc21. The van der Waals surface area contributed by atoms with Crippen molar-refractivity contribution < 1.29 is 4.79 Å². The zero-order valence-electron chi connectivity index (χ0n) is 16.9. The molecule has 1 aromatic carbocycles. The van der Waals surface area contributed by atoms with Crippen LogP contribution in [-0.4, -0.2) is 47.5 Å². The van der Waals surface area contributed by atoms with E-state index in [1.165, 1.54) is 16.6 Å². The maximum Gasteiger partial charge on any atom is 0.254 e. The van der Waals surface area contributed by atoms with Crippen LogP contribution in [0.2, 0.25) is 0 Å². The highest BCUT2D eigenvalue weighted by molar-refractivity contribution is 5.95. The van der Waals surface area contributed by atoms with Crippen molar-refractivity contribution >= 4 is 22.6 Å². The number of rotatable bonds is 4. The van der Waals surface area contributed by atoms with Crippen molar-refractivity contribution in [1.29, 1.82) is 0 Å². The molecule has 1 aliphatic rings. The third-order valence-electron chi connectivity index (χ3n) is 5.74. The fraction of sp³-hybridized carbons (Fsp3) is 0.391. The summed E-state index contributed by atoms with van der Waals surface area (Å²) in [4.78, 5) is 21.4. The maximum absolute atomic E-state index is 13.2. The molecule has 1 aliphatic heterocycles. The van der Waals surface area contributed by atoms with Gasteiger partial charge in [-0.1, -0.05) is 18.2 Å². The van der Waals surface area contributed by atoms with Gasteiger partial charge in [0.25, 0.3) is 5.91 Å². The first-order chi connectivity index (χ1) is 13.6. The number of pyridine rings is 1. The molecule has 3 heterocycles. The lowest BCUT2D eigenvalue weighted by molar-refractivity contribution is 0.0705. The Bertz CT molecular complexity index is 991. The van der Waals surface area contributed by atoms with Crippen LogP contribution >= 0.6 is 0 Å². The largest absolute Gasteiger partial charge is 0.363 e. The molecular formula is C23H28N4O. The van der Waals surface area contributed by atoms with Gasteiger partial charge in [-0.05, 0) is 49.4 Å². The van der Waals surface area contributed by atoms with E-state index in [0.29, 0.717) is 5.92 Å². The molecule has 5 heteroatoms. The predicted octanol–water partition coefficient (Wildman–Crippen LogP) is 4.14. The molecule has 1 saturated heterocycles. The molecule has 0 aliphatic carbocycles. The summed E-state index contributed by atoms with van der Waals surface area (Å²) in [6.07, 6.45) is 3.88. The van der Waals surface area contributed by atoms with E-state index in [-0.39, 0.29) is 5.91 Å². The van der Waals surface area contributed by atoms with Crippen LogP contribution in [-0.2, 0) is 6.54 Å². The topological polar surface area (TPSA) is 41.4 Å². The van der Waals surface area contributed by atoms with E-state index in [2.05, 4.69) is 46.8 Å². The Morgan fingerprint density at radius 3 is 2.82 bits per heavy atom. The second-order valence-corrected chi connectivity index (χ2v) is 7.76. The summed E-state index contributed by atoms with van der Waals surface area (Å²) < 4.78 is 2.41. The zero-order chi connectivity index (χ0) is 19.7. The summed E-state index contributed by atoms with van der Waals surface area (Å²) >= 11 is 0. The maximum atomic E-state index is 13.2. The lowest BCUT2D eigenvalue weighted by Gasteiger charge is -2.33. The molecule has 5 nitrogen and oxygen atoms in total. The van der Waals surface area contributed by atoms with Gasteiger partial charge in [-0.25, -0.2) is 4.98 Å². The Morgan fingerprint density at radius 2 is 2.04 bits per heavy atom. The van der Waals surface area contributed by atoms with Crippen LogP contribution in [0, 0.1) is 0 Å². The number of aromatic nitrogens is 2. The highest BCUT2D eigenvalue weighted by Crippen LogP contribution is 2.32. The minimum Gasteiger partial charge on any atom is -0.363 e. The van der Waals surface area contributed by atoms with E-state index in [9.17, 15) is 4.79 Å². The van der Waals surface area contributed by atoms with E-state index >= 15 is 0 Å². The van der Waals surface area contributed by atoms with Crippen molar-refractivity contribution in [2.75, 3.05) is 32.1 Å². The number of aryl methyl sites for hydroxylation is 1. The quantitative estimate of drug-likeness (QED) is 0.687. The van der Waals surface area contributed by atoms with E-state index in [4.69, 9.17) is 0 Å². The fourth-order valence-corrected chi connectivity index (χ4v) is 4.30. The van der Waals surface area contributed by atoms with Gasteiger partial charge >= 0.3 is 0 Å². The molecule has 1 unspecified atom stereocenters. The Labute approximate surface area is 166 Å². The predicted molar refractivity (Wildman–Crippen MR) is 114 cm³/mol. The van der Waals surface area contributed by atoms with Gasteiger partial charge in [0.2, 0.25) is 0 Å². The van der Waals surface area contributed by atoms with Crippen LogP contribution in [0.5, 0.6) is 0 Å². The fourth-order valence-electron chi connectivity index (χ4n) is 4.30. The molecule has 0 N–H and O–H groups in total. The number of amides is 1. The highest BCUT2D eigenvalue weighted by atomic mass is 16.2. The average molecular weight is 377 g/mol. The average Bonchev–Trinajstić information content (AvgIpc) is 3.12. The van der Waals surface area contributed by atoms with Crippen molar-refractivity contribution in [2.45, 2.75) is 32.2 Å². The van der Waals surface area contributed by atoms with Gasteiger partial charge in [0.1, 0.15) is 5.82 Å². The van der Waals surface area contributed by atoms with Crippen molar-refractivity contribution in [2.24, 2.45) is 0 Å².